The lowest BCUT2D eigenvalue weighted by atomic mass is 9.47. The number of hydrogen-bond acceptors (Lipinski definition) is 3. The Labute approximate surface area is 131 Å². The minimum Gasteiger partial charge on any atom is -0.504 e. The third kappa shape index (κ3) is 1.53. The Balaban J connectivity index is 1.83. The molecule has 0 aromatic heterocycles. The van der Waals surface area contributed by atoms with Gasteiger partial charge in [0, 0.05) is 16.4 Å². The van der Waals surface area contributed by atoms with Gasteiger partial charge < -0.3 is 10.2 Å². The molecule has 0 heterocycles. The normalized spacial score (nSPS) is 46.4. The fourth-order valence-corrected chi connectivity index (χ4v) is 5.97. The molecular weight excluding hydrogens is 276 g/mol. The Bertz CT molecular complexity index is 656. The van der Waals surface area contributed by atoms with E-state index in [2.05, 4.69) is 19.1 Å². The van der Waals surface area contributed by atoms with Gasteiger partial charge in [-0.2, -0.15) is 0 Å². The van der Waals surface area contributed by atoms with E-state index < -0.39 is 0 Å². The van der Waals surface area contributed by atoms with E-state index in [4.69, 9.17) is 0 Å². The van der Waals surface area contributed by atoms with Crippen molar-refractivity contribution in [3.05, 3.63) is 35.1 Å². The van der Waals surface area contributed by atoms with Gasteiger partial charge in [-0.3, -0.25) is 4.79 Å². The van der Waals surface area contributed by atoms with E-state index in [-0.39, 0.29) is 34.4 Å². The number of hydrogen-bond donors (Lipinski definition) is 2. The smallest absolute Gasteiger partial charge is 0.222 e. The number of allylic oxidation sites excluding steroid dienone is 4. The molecule has 1 spiro atoms. The average molecular weight is 300 g/mol. The van der Waals surface area contributed by atoms with Crippen molar-refractivity contribution in [1.29, 1.82) is 0 Å². The summed E-state index contributed by atoms with van der Waals surface area (Å²) in [5.41, 5.74) is 1.84. The molecule has 4 atom stereocenters. The Morgan fingerprint density at radius 1 is 1.32 bits per heavy atom. The zero-order valence-corrected chi connectivity index (χ0v) is 13.4. The van der Waals surface area contributed by atoms with Gasteiger partial charge in [0.15, 0.2) is 5.76 Å². The quantitative estimate of drug-likeness (QED) is 0.729. The summed E-state index contributed by atoms with van der Waals surface area (Å²) in [6.07, 6.45) is 11.4. The molecule has 2 bridgehead atoms. The molecule has 118 valence electrons. The first-order valence-electron chi connectivity index (χ1n) is 8.34. The Morgan fingerprint density at radius 3 is 2.82 bits per heavy atom. The van der Waals surface area contributed by atoms with Crippen LogP contribution in [0.4, 0.5) is 0 Å². The predicted molar refractivity (Wildman–Crippen MR) is 84.2 cm³/mol. The van der Waals surface area contributed by atoms with Gasteiger partial charge in [0.25, 0.3) is 0 Å². The molecule has 0 unspecified atom stereocenters. The second kappa shape index (κ2) is 4.14. The summed E-state index contributed by atoms with van der Waals surface area (Å²) in [6.45, 7) is 4.29. The number of carbonyl (C=O) groups excluding carboxylic acids is 1. The van der Waals surface area contributed by atoms with Crippen molar-refractivity contribution in [2.75, 3.05) is 6.61 Å². The van der Waals surface area contributed by atoms with Crippen LogP contribution in [0, 0.1) is 22.2 Å². The van der Waals surface area contributed by atoms with E-state index in [1.807, 2.05) is 13.0 Å². The van der Waals surface area contributed by atoms with Crippen molar-refractivity contribution in [1.82, 2.24) is 0 Å². The van der Waals surface area contributed by atoms with E-state index in [0.717, 1.165) is 37.7 Å². The molecule has 0 saturated heterocycles. The maximum Gasteiger partial charge on any atom is 0.222 e. The van der Waals surface area contributed by atoms with Crippen molar-refractivity contribution in [3.8, 4) is 0 Å². The molecule has 3 heteroatoms. The molecule has 3 nitrogen and oxygen atoms in total. The van der Waals surface area contributed by atoms with Crippen LogP contribution in [0.2, 0.25) is 0 Å². The SMILES string of the molecule is CC1=C2CC[C@@]34C=C[C@@](CO)(CC[C@H]3[C@]2(C)C=C(O)C1=O)C4. The maximum absolute atomic E-state index is 12.1. The molecule has 4 aliphatic carbocycles. The van der Waals surface area contributed by atoms with Crippen LogP contribution >= 0.6 is 0 Å². The van der Waals surface area contributed by atoms with Crippen LogP contribution < -0.4 is 0 Å². The average Bonchev–Trinajstić information content (AvgIpc) is 2.77. The van der Waals surface area contributed by atoms with Crippen LogP contribution in [0.15, 0.2) is 35.1 Å². The molecule has 0 radical (unpaired) electrons. The first kappa shape index (κ1) is 14.3. The molecule has 2 fully saturated rings. The zero-order chi connectivity index (χ0) is 15.8. The molecular formula is C19H24O3. The molecule has 4 rings (SSSR count). The number of carbonyl (C=O) groups is 1. The van der Waals surface area contributed by atoms with Gasteiger partial charge in [0.1, 0.15) is 0 Å². The lowest BCUT2D eigenvalue weighted by Crippen LogP contribution is -2.50. The zero-order valence-electron chi connectivity index (χ0n) is 13.4. The number of fused-ring (bicyclic) bond motifs is 3. The first-order valence-corrected chi connectivity index (χ1v) is 8.34. The van der Waals surface area contributed by atoms with Gasteiger partial charge in [-0.25, -0.2) is 0 Å². The minimum atomic E-state index is -0.226. The lowest BCUT2D eigenvalue weighted by Gasteiger charge is -2.57. The van der Waals surface area contributed by atoms with Gasteiger partial charge in [0.05, 0.1) is 6.61 Å². The highest BCUT2D eigenvalue weighted by Crippen LogP contribution is 2.68. The van der Waals surface area contributed by atoms with Crippen molar-refractivity contribution in [2.45, 2.75) is 46.0 Å². The van der Waals surface area contributed by atoms with E-state index in [0.29, 0.717) is 5.92 Å². The molecule has 2 saturated carbocycles. The highest BCUT2D eigenvalue weighted by Gasteiger charge is 2.60. The number of rotatable bonds is 1. The Morgan fingerprint density at radius 2 is 2.09 bits per heavy atom. The van der Waals surface area contributed by atoms with Crippen LogP contribution in [-0.2, 0) is 4.79 Å². The van der Waals surface area contributed by atoms with Gasteiger partial charge in [0.2, 0.25) is 5.78 Å². The van der Waals surface area contributed by atoms with E-state index in [1.54, 1.807) is 0 Å². The van der Waals surface area contributed by atoms with Gasteiger partial charge in [-0.05, 0) is 56.4 Å². The molecule has 0 aromatic rings. The number of ketones is 1. The fourth-order valence-electron chi connectivity index (χ4n) is 5.97. The van der Waals surface area contributed by atoms with E-state index in [1.165, 1.54) is 5.57 Å². The minimum absolute atomic E-state index is 0.0284. The molecule has 0 aromatic carbocycles. The van der Waals surface area contributed by atoms with E-state index in [9.17, 15) is 15.0 Å². The monoisotopic (exact) mass is 300 g/mol. The van der Waals surface area contributed by atoms with Crippen molar-refractivity contribution in [3.63, 3.8) is 0 Å². The summed E-state index contributed by atoms with van der Waals surface area (Å²) in [6, 6.07) is 0. The van der Waals surface area contributed by atoms with Gasteiger partial charge in [-0.1, -0.05) is 24.6 Å². The Hall–Kier alpha value is -1.35. The second-order valence-corrected chi connectivity index (χ2v) is 8.10. The van der Waals surface area contributed by atoms with Crippen LogP contribution in [0.25, 0.3) is 0 Å². The predicted octanol–water partition coefficient (Wildman–Crippen LogP) is 3.46. The standard InChI is InChI=1S/C19H24O3/c1-12-13-3-6-19-8-7-18(10-19,11-20)5-4-15(19)17(13,2)9-14(21)16(12)22/h7-9,15,20-21H,3-6,10-11H2,1-2H3/t15-,17+,18-,19-/m0/s1. The van der Waals surface area contributed by atoms with Gasteiger partial charge in [-0.15, -0.1) is 0 Å². The summed E-state index contributed by atoms with van der Waals surface area (Å²) in [5.74, 6) is 0.125. The van der Waals surface area contributed by atoms with Crippen LogP contribution in [-0.4, -0.2) is 22.6 Å². The second-order valence-electron chi connectivity index (χ2n) is 8.10. The summed E-state index contributed by atoms with van der Waals surface area (Å²) >= 11 is 0. The molecule has 0 amide bonds. The van der Waals surface area contributed by atoms with E-state index >= 15 is 0 Å². The highest BCUT2D eigenvalue weighted by atomic mass is 16.3. The van der Waals surface area contributed by atoms with Crippen LogP contribution in [0.5, 0.6) is 0 Å². The lowest BCUT2D eigenvalue weighted by molar-refractivity contribution is -0.115. The first-order chi connectivity index (χ1) is 10.4. The van der Waals surface area contributed by atoms with Crippen LogP contribution in [0.3, 0.4) is 0 Å². The summed E-state index contributed by atoms with van der Waals surface area (Å²) < 4.78 is 0. The molecule has 2 N–H and O–H groups in total. The molecule has 4 aliphatic rings. The van der Waals surface area contributed by atoms with Crippen molar-refractivity contribution < 1.29 is 15.0 Å². The summed E-state index contributed by atoms with van der Waals surface area (Å²) in [5, 5.41) is 19.9. The third-order valence-electron chi connectivity index (χ3n) is 7.07. The largest absolute Gasteiger partial charge is 0.504 e. The molecule has 0 aliphatic heterocycles. The highest BCUT2D eigenvalue weighted by molar-refractivity contribution is 6.08. The van der Waals surface area contributed by atoms with Crippen molar-refractivity contribution >= 4 is 5.78 Å². The number of aliphatic hydroxyl groups is 2. The number of aliphatic hydroxyl groups excluding tert-OH is 2. The summed E-state index contributed by atoms with van der Waals surface area (Å²) in [7, 11) is 0. The molecule has 22 heavy (non-hydrogen) atoms. The fraction of sp³-hybridized carbons (Fsp3) is 0.632. The van der Waals surface area contributed by atoms with Crippen molar-refractivity contribution in [2.24, 2.45) is 22.2 Å². The summed E-state index contributed by atoms with van der Waals surface area (Å²) in [4.78, 5) is 12.1. The topological polar surface area (TPSA) is 57.5 Å². The maximum atomic E-state index is 12.1. The number of Topliss-reactive ketones (excluding diaryl/α,β-unsaturated/α-hetero) is 1. The van der Waals surface area contributed by atoms with Gasteiger partial charge >= 0.3 is 0 Å². The Kier molecular flexibility index (Phi) is 2.68. The third-order valence-corrected chi connectivity index (χ3v) is 7.07. The van der Waals surface area contributed by atoms with Crippen LogP contribution in [0.1, 0.15) is 46.0 Å².